The third kappa shape index (κ3) is 3.75. The molecule has 0 radical (unpaired) electrons. The lowest BCUT2D eigenvalue weighted by Crippen LogP contribution is -2.66. The molecule has 0 bridgehead atoms. The fraction of sp³-hybridized carbons (Fsp3) is 1.00. The predicted octanol–water partition coefficient (Wildman–Crippen LogP) is 2.90. The van der Waals surface area contributed by atoms with Crippen LogP contribution >= 0.6 is 0 Å². The molecule has 20 heavy (non-hydrogen) atoms. The number of nitrogens with one attached hydrogen (secondary N) is 1. The summed E-state index contributed by atoms with van der Waals surface area (Å²) in [6.07, 6.45) is 2.80. The van der Waals surface area contributed by atoms with Gasteiger partial charge in [0.2, 0.25) is 0 Å². The van der Waals surface area contributed by atoms with Gasteiger partial charge in [0, 0.05) is 37.8 Å². The van der Waals surface area contributed by atoms with Gasteiger partial charge in [0.1, 0.15) is 0 Å². The van der Waals surface area contributed by atoms with Gasteiger partial charge in [-0.25, -0.2) is 0 Å². The van der Waals surface area contributed by atoms with E-state index in [4.69, 9.17) is 4.74 Å². The number of nitrogens with zero attached hydrogens (tertiary/aromatic N) is 1. The van der Waals surface area contributed by atoms with E-state index in [1.54, 1.807) is 0 Å². The van der Waals surface area contributed by atoms with Crippen molar-refractivity contribution in [2.45, 2.75) is 71.6 Å². The molecule has 2 unspecified atom stereocenters. The van der Waals surface area contributed by atoms with Gasteiger partial charge in [-0.05, 0) is 52.4 Å². The maximum atomic E-state index is 5.94. The van der Waals surface area contributed by atoms with Crippen molar-refractivity contribution in [2.24, 2.45) is 11.8 Å². The molecule has 0 aromatic rings. The standard InChI is InChI=1S/C17H34N2O/c1-7-20-16(4,5)11-19-12-17(6,14-8-9-14)18-10-15(19)13(2)3/h13-15,18H,7-12H2,1-6H3. The van der Waals surface area contributed by atoms with Crippen molar-refractivity contribution < 1.29 is 4.74 Å². The summed E-state index contributed by atoms with van der Waals surface area (Å²) in [4.78, 5) is 2.69. The summed E-state index contributed by atoms with van der Waals surface area (Å²) in [5.41, 5.74) is 0.261. The Hall–Kier alpha value is -0.120. The fourth-order valence-corrected chi connectivity index (χ4v) is 3.81. The van der Waals surface area contributed by atoms with Gasteiger partial charge in [-0.3, -0.25) is 4.90 Å². The minimum atomic E-state index is -0.0519. The van der Waals surface area contributed by atoms with Crippen LogP contribution in [0.15, 0.2) is 0 Å². The van der Waals surface area contributed by atoms with E-state index in [1.165, 1.54) is 12.8 Å². The van der Waals surface area contributed by atoms with Crippen LogP contribution in [0.2, 0.25) is 0 Å². The Labute approximate surface area is 125 Å². The molecule has 1 heterocycles. The van der Waals surface area contributed by atoms with Gasteiger partial charge in [-0.2, -0.15) is 0 Å². The number of hydrogen-bond donors (Lipinski definition) is 1. The average molecular weight is 282 g/mol. The van der Waals surface area contributed by atoms with Gasteiger partial charge in [0.25, 0.3) is 0 Å². The molecule has 118 valence electrons. The molecule has 2 aliphatic rings. The van der Waals surface area contributed by atoms with E-state index in [9.17, 15) is 0 Å². The Kier molecular flexibility index (Phi) is 4.83. The molecule has 1 N–H and O–H groups in total. The van der Waals surface area contributed by atoms with Crippen LogP contribution in [0.1, 0.15) is 54.4 Å². The van der Waals surface area contributed by atoms with Crippen LogP contribution in [0.4, 0.5) is 0 Å². The number of rotatable bonds is 6. The zero-order valence-electron chi connectivity index (χ0n) is 14.3. The van der Waals surface area contributed by atoms with Crippen molar-refractivity contribution in [3.05, 3.63) is 0 Å². The minimum Gasteiger partial charge on any atom is -0.375 e. The Morgan fingerprint density at radius 3 is 2.50 bits per heavy atom. The van der Waals surface area contributed by atoms with Crippen LogP contribution in [-0.4, -0.2) is 48.3 Å². The first kappa shape index (κ1) is 16.3. The predicted molar refractivity (Wildman–Crippen MR) is 85.0 cm³/mol. The molecule has 0 amide bonds. The Bertz CT molecular complexity index is 325. The highest BCUT2D eigenvalue weighted by Crippen LogP contribution is 2.42. The number of piperazine rings is 1. The maximum absolute atomic E-state index is 5.94. The third-order valence-corrected chi connectivity index (χ3v) is 5.08. The molecule has 0 aromatic carbocycles. The highest BCUT2D eigenvalue weighted by molar-refractivity contribution is 5.05. The van der Waals surface area contributed by atoms with Crippen LogP contribution in [-0.2, 0) is 4.74 Å². The SMILES string of the molecule is CCOC(C)(C)CN1CC(C)(C2CC2)NCC1C(C)C. The van der Waals surface area contributed by atoms with E-state index in [0.717, 1.165) is 32.2 Å². The maximum Gasteiger partial charge on any atom is 0.0752 e. The van der Waals surface area contributed by atoms with Gasteiger partial charge in [-0.1, -0.05) is 13.8 Å². The topological polar surface area (TPSA) is 24.5 Å². The molecule has 1 saturated carbocycles. The first-order valence-electron chi connectivity index (χ1n) is 8.40. The molecule has 0 aromatic heterocycles. The minimum absolute atomic E-state index is 0.0519. The van der Waals surface area contributed by atoms with Gasteiger partial charge < -0.3 is 10.1 Å². The monoisotopic (exact) mass is 282 g/mol. The third-order valence-electron chi connectivity index (χ3n) is 5.08. The summed E-state index contributed by atoms with van der Waals surface area (Å²) in [5.74, 6) is 1.57. The second-order valence-electron chi connectivity index (χ2n) is 7.98. The van der Waals surface area contributed by atoms with Crippen LogP contribution < -0.4 is 5.32 Å². The van der Waals surface area contributed by atoms with Crippen molar-refractivity contribution in [2.75, 3.05) is 26.2 Å². The number of hydrogen-bond acceptors (Lipinski definition) is 3. The van der Waals surface area contributed by atoms with E-state index in [-0.39, 0.29) is 5.60 Å². The molecule has 1 saturated heterocycles. The van der Waals surface area contributed by atoms with Gasteiger partial charge >= 0.3 is 0 Å². The average Bonchev–Trinajstić information content (AvgIpc) is 3.11. The van der Waals surface area contributed by atoms with Crippen LogP contribution in [0.5, 0.6) is 0 Å². The second-order valence-corrected chi connectivity index (χ2v) is 7.98. The molecule has 1 aliphatic heterocycles. The van der Waals surface area contributed by atoms with E-state index in [2.05, 4.69) is 51.8 Å². The van der Waals surface area contributed by atoms with Crippen LogP contribution in [0.3, 0.4) is 0 Å². The molecular weight excluding hydrogens is 248 g/mol. The first-order chi connectivity index (χ1) is 9.27. The van der Waals surface area contributed by atoms with Crippen molar-refractivity contribution >= 4 is 0 Å². The molecular formula is C17H34N2O. The van der Waals surface area contributed by atoms with Crippen molar-refractivity contribution in [3.8, 4) is 0 Å². The Morgan fingerprint density at radius 1 is 1.35 bits per heavy atom. The van der Waals surface area contributed by atoms with E-state index >= 15 is 0 Å². The molecule has 2 atom stereocenters. The van der Waals surface area contributed by atoms with Crippen LogP contribution in [0, 0.1) is 11.8 Å². The second kappa shape index (κ2) is 5.94. The summed E-state index contributed by atoms with van der Waals surface area (Å²) < 4.78 is 5.94. The summed E-state index contributed by atoms with van der Waals surface area (Å²) in [5, 5.41) is 3.85. The lowest BCUT2D eigenvalue weighted by molar-refractivity contribution is -0.0620. The summed E-state index contributed by atoms with van der Waals surface area (Å²) >= 11 is 0. The molecule has 3 heteroatoms. The normalized spacial score (nSPS) is 32.9. The largest absolute Gasteiger partial charge is 0.375 e. The summed E-state index contributed by atoms with van der Waals surface area (Å²) in [7, 11) is 0. The molecule has 1 aliphatic carbocycles. The molecule has 2 fully saturated rings. The Balaban J connectivity index is 2.06. The van der Waals surface area contributed by atoms with E-state index < -0.39 is 0 Å². The summed E-state index contributed by atoms with van der Waals surface area (Å²) in [6.45, 7) is 17.8. The zero-order valence-corrected chi connectivity index (χ0v) is 14.3. The fourth-order valence-electron chi connectivity index (χ4n) is 3.81. The van der Waals surface area contributed by atoms with Crippen molar-refractivity contribution in [3.63, 3.8) is 0 Å². The Morgan fingerprint density at radius 2 is 2.00 bits per heavy atom. The van der Waals surface area contributed by atoms with E-state index in [1.807, 2.05) is 0 Å². The molecule has 3 nitrogen and oxygen atoms in total. The molecule has 2 rings (SSSR count). The van der Waals surface area contributed by atoms with Crippen molar-refractivity contribution in [1.29, 1.82) is 0 Å². The lowest BCUT2D eigenvalue weighted by atomic mass is 9.87. The summed E-state index contributed by atoms with van der Waals surface area (Å²) in [6, 6.07) is 0.626. The molecule has 0 spiro atoms. The zero-order chi connectivity index (χ0) is 15.0. The highest BCUT2D eigenvalue weighted by Gasteiger charge is 2.47. The van der Waals surface area contributed by atoms with E-state index in [0.29, 0.717) is 17.5 Å². The smallest absolute Gasteiger partial charge is 0.0752 e. The van der Waals surface area contributed by atoms with Gasteiger partial charge in [0.15, 0.2) is 0 Å². The lowest BCUT2D eigenvalue weighted by Gasteiger charge is -2.50. The highest BCUT2D eigenvalue weighted by atomic mass is 16.5. The number of ether oxygens (including phenoxy) is 1. The first-order valence-corrected chi connectivity index (χ1v) is 8.40. The van der Waals surface area contributed by atoms with Crippen LogP contribution in [0.25, 0.3) is 0 Å². The van der Waals surface area contributed by atoms with Gasteiger partial charge in [0.05, 0.1) is 5.60 Å². The van der Waals surface area contributed by atoms with Gasteiger partial charge in [-0.15, -0.1) is 0 Å². The van der Waals surface area contributed by atoms with Crippen molar-refractivity contribution in [1.82, 2.24) is 10.2 Å². The quantitative estimate of drug-likeness (QED) is 0.811.